The van der Waals surface area contributed by atoms with Gasteiger partial charge in [-0.2, -0.15) is 0 Å². The summed E-state index contributed by atoms with van der Waals surface area (Å²) in [6.07, 6.45) is -3.91. The first-order valence-electron chi connectivity index (χ1n) is 6.04. The van der Waals surface area contributed by atoms with E-state index < -0.39 is 23.6 Å². The van der Waals surface area contributed by atoms with E-state index >= 15 is 0 Å². The van der Waals surface area contributed by atoms with Crippen molar-refractivity contribution in [3.8, 4) is 16.9 Å². The predicted octanol–water partition coefficient (Wildman–Crippen LogP) is 2.57. The van der Waals surface area contributed by atoms with Crippen LogP contribution in [0.3, 0.4) is 0 Å². The molecule has 0 atom stereocenters. The lowest BCUT2D eigenvalue weighted by Gasteiger charge is -2.10. The van der Waals surface area contributed by atoms with Crippen LogP contribution in [0.25, 0.3) is 11.1 Å². The summed E-state index contributed by atoms with van der Waals surface area (Å²) >= 11 is 0. The number of carbonyl (C=O) groups is 1. The summed E-state index contributed by atoms with van der Waals surface area (Å²) in [5, 5.41) is 8.73. The Bertz CT molecular complexity index is 752. The first-order valence-corrected chi connectivity index (χ1v) is 6.04. The molecule has 1 aromatic heterocycles. The molecule has 116 valence electrons. The second-order valence-electron chi connectivity index (χ2n) is 4.40. The highest BCUT2D eigenvalue weighted by molar-refractivity contribution is 5.72. The van der Waals surface area contributed by atoms with Gasteiger partial charge < -0.3 is 14.8 Å². The molecule has 0 radical (unpaired) electrons. The van der Waals surface area contributed by atoms with Crippen molar-refractivity contribution in [2.24, 2.45) is 0 Å². The van der Waals surface area contributed by atoms with E-state index in [-0.39, 0.29) is 17.5 Å². The SMILES string of the molecule is O=C(O)Cc1c[nH]c(=O)c(-c2cccc(OC(F)(F)F)c2)c1. The molecular weight excluding hydrogens is 303 g/mol. The average Bonchev–Trinajstić information content (AvgIpc) is 2.39. The molecule has 2 N–H and O–H groups in total. The van der Waals surface area contributed by atoms with Crippen LogP contribution in [0.1, 0.15) is 5.56 Å². The minimum atomic E-state index is -4.84. The van der Waals surface area contributed by atoms with Crippen molar-refractivity contribution in [3.05, 3.63) is 52.4 Å². The zero-order chi connectivity index (χ0) is 16.3. The molecule has 0 spiro atoms. The molecule has 0 fully saturated rings. The maximum absolute atomic E-state index is 12.2. The first-order chi connectivity index (χ1) is 10.2. The Kier molecular flexibility index (Phi) is 4.20. The van der Waals surface area contributed by atoms with Gasteiger partial charge in [-0.3, -0.25) is 9.59 Å². The van der Waals surface area contributed by atoms with Crippen LogP contribution in [0.15, 0.2) is 41.3 Å². The number of pyridine rings is 1. The fraction of sp³-hybridized carbons (Fsp3) is 0.143. The van der Waals surface area contributed by atoms with Crippen LogP contribution in [-0.2, 0) is 11.2 Å². The van der Waals surface area contributed by atoms with Crippen molar-refractivity contribution in [2.75, 3.05) is 0 Å². The molecule has 8 heteroatoms. The Labute approximate surface area is 122 Å². The highest BCUT2D eigenvalue weighted by Gasteiger charge is 2.31. The number of nitrogens with one attached hydrogen (secondary N) is 1. The summed E-state index contributed by atoms with van der Waals surface area (Å²) in [6, 6.07) is 6.21. The molecule has 1 aromatic carbocycles. The lowest BCUT2D eigenvalue weighted by atomic mass is 10.0. The Hall–Kier alpha value is -2.77. The highest BCUT2D eigenvalue weighted by Crippen LogP contribution is 2.26. The van der Waals surface area contributed by atoms with E-state index in [1.165, 1.54) is 24.4 Å². The van der Waals surface area contributed by atoms with Crippen molar-refractivity contribution in [3.63, 3.8) is 0 Å². The molecule has 2 aromatic rings. The number of carboxylic acid groups (broad SMARTS) is 1. The largest absolute Gasteiger partial charge is 0.573 e. The molecule has 0 unspecified atom stereocenters. The fourth-order valence-corrected chi connectivity index (χ4v) is 1.88. The van der Waals surface area contributed by atoms with Gasteiger partial charge in [0.1, 0.15) is 5.75 Å². The summed E-state index contributed by atoms with van der Waals surface area (Å²) in [5.41, 5.74) is 0.0316. The van der Waals surface area contributed by atoms with Gasteiger partial charge in [0.15, 0.2) is 0 Å². The average molecular weight is 313 g/mol. The van der Waals surface area contributed by atoms with Gasteiger partial charge in [-0.1, -0.05) is 12.1 Å². The molecule has 0 aliphatic carbocycles. The Morgan fingerprint density at radius 2 is 2.00 bits per heavy atom. The van der Waals surface area contributed by atoms with Crippen molar-refractivity contribution >= 4 is 5.97 Å². The number of hydrogen-bond donors (Lipinski definition) is 2. The number of alkyl halides is 3. The first kappa shape index (κ1) is 15.6. The quantitative estimate of drug-likeness (QED) is 0.909. The van der Waals surface area contributed by atoms with E-state index in [2.05, 4.69) is 9.72 Å². The van der Waals surface area contributed by atoms with Gasteiger partial charge in [0.25, 0.3) is 5.56 Å². The van der Waals surface area contributed by atoms with E-state index in [1.807, 2.05) is 0 Å². The van der Waals surface area contributed by atoms with Gasteiger partial charge in [-0.25, -0.2) is 0 Å². The predicted molar refractivity (Wildman–Crippen MR) is 70.5 cm³/mol. The number of aromatic amines is 1. The number of aromatic nitrogens is 1. The van der Waals surface area contributed by atoms with Crippen LogP contribution in [0.4, 0.5) is 13.2 Å². The molecule has 0 bridgehead atoms. The van der Waals surface area contributed by atoms with E-state index in [4.69, 9.17) is 5.11 Å². The van der Waals surface area contributed by atoms with Crippen LogP contribution < -0.4 is 10.3 Å². The van der Waals surface area contributed by atoms with Crippen LogP contribution in [0.5, 0.6) is 5.75 Å². The number of rotatable bonds is 4. The molecule has 22 heavy (non-hydrogen) atoms. The summed E-state index contributed by atoms with van der Waals surface area (Å²) in [6.45, 7) is 0. The lowest BCUT2D eigenvalue weighted by molar-refractivity contribution is -0.274. The summed E-state index contributed by atoms with van der Waals surface area (Å²) in [7, 11) is 0. The minimum Gasteiger partial charge on any atom is -0.481 e. The Morgan fingerprint density at radius 1 is 1.27 bits per heavy atom. The molecule has 0 aliphatic rings. The number of ether oxygens (including phenoxy) is 1. The van der Waals surface area contributed by atoms with Crippen molar-refractivity contribution in [1.29, 1.82) is 0 Å². The van der Waals surface area contributed by atoms with Gasteiger partial charge in [0.2, 0.25) is 0 Å². The smallest absolute Gasteiger partial charge is 0.481 e. The molecule has 2 rings (SSSR count). The zero-order valence-corrected chi connectivity index (χ0v) is 11.0. The van der Waals surface area contributed by atoms with Crippen molar-refractivity contribution in [1.82, 2.24) is 4.98 Å². The second-order valence-corrected chi connectivity index (χ2v) is 4.40. The number of halogens is 3. The maximum atomic E-state index is 12.2. The van der Waals surface area contributed by atoms with Crippen molar-refractivity contribution < 1.29 is 27.8 Å². The van der Waals surface area contributed by atoms with Gasteiger partial charge in [0.05, 0.1) is 6.42 Å². The van der Waals surface area contributed by atoms with Gasteiger partial charge >= 0.3 is 12.3 Å². The number of hydrogen-bond acceptors (Lipinski definition) is 3. The summed E-state index contributed by atoms with van der Waals surface area (Å²) in [5.74, 6) is -1.56. The Morgan fingerprint density at radius 3 is 2.64 bits per heavy atom. The van der Waals surface area contributed by atoms with Gasteiger partial charge in [0, 0.05) is 11.8 Å². The second kappa shape index (κ2) is 5.92. The topological polar surface area (TPSA) is 79.4 Å². The fourth-order valence-electron chi connectivity index (χ4n) is 1.88. The molecule has 1 heterocycles. The van der Waals surface area contributed by atoms with Crippen LogP contribution in [0.2, 0.25) is 0 Å². The normalized spacial score (nSPS) is 11.2. The molecule has 0 amide bonds. The summed E-state index contributed by atoms with van der Waals surface area (Å²) in [4.78, 5) is 24.8. The van der Waals surface area contributed by atoms with E-state index in [0.717, 1.165) is 12.1 Å². The minimum absolute atomic E-state index is 0.0615. The van der Waals surface area contributed by atoms with Crippen LogP contribution >= 0.6 is 0 Å². The zero-order valence-electron chi connectivity index (χ0n) is 11.0. The van der Waals surface area contributed by atoms with E-state index in [1.54, 1.807) is 0 Å². The third-order valence-corrected chi connectivity index (χ3v) is 2.70. The number of carboxylic acids is 1. The molecule has 0 aliphatic heterocycles. The van der Waals surface area contributed by atoms with E-state index in [0.29, 0.717) is 5.56 Å². The maximum Gasteiger partial charge on any atom is 0.573 e. The third-order valence-electron chi connectivity index (χ3n) is 2.70. The van der Waals surface area contributed by atoms with Gasteiger partial charge in [-0.15, -0.1) is 13.2 Å². The molecular formula is C14H10F3NO4. The Balaban J connectivity index is 2.41. The highest BCUT2D eigenvalue weighted by atomic mass is 19.4. The van der Waals surface area contributed by atoms with Gasteiger partial charge in [-0.05, 0) is 29.3 Å². The number of aliphatic carboxylic acids is 1. The lowest BCUT2D eigenvalue weighted by Crippen LogP contribution is -2.17. The van der Waals surface area contributed by atoms with Crippen LogP contribution in [-0.4, -0.2) is 22.4 Å². The van der Waals surface area contributed by atoms with E-state index in [9.17, 15) is 22.8 Å². The molecule has 0 saturated heterocycles. The number of benzene rings is 1. The number of H-pyrrole nitrogens is 1. The van der Waals surface area contributed by atoms with Crippen molar-refractivity contribution in [2.45, 2.75) is 12.8 Å². The third kappa shape index (κ3) is 4.11. The monoisotopic (exact) mass is 313 g/mol. The molecule has 5 nitrogen and oxygen atoms in total. The summed E-state index contributed by atoms with van der Waals surface area (Å²) < 4.78 is 40.4. The van der Waals surface area contributed by atoms with Crippen LogP contribution in [0, 0.1) is 0 Å². The standard InChI is InChI=1S/C14H10F3NO4/c15-14(16,17)22-10-3-1-2-9(6-10)11-4-8(5-12(19)20)7-18-13(11)21/h1-4,6-7H,5H2,(H,18,21)(H,19,20). The molecule has 0 saturated carbocycles.